The maximum absolute atomic E-state index is 13.0. The number of rotatable bonds is 3. The van der Waals surface area contributed by atoms with Gasteiger partial charge in [0.05, 0.1) is 23.0 Å². The monoisotopic (exact) mass is 271 g/mol. The predicted molar refractivity (Wildman–Crippen MR) is 66.6 cm³/mol. The zero-order valence-electron chi connectivity index (χ0n) is 9.97. The van der Waals surface area contributed by atoms with Crippen molar-refractivity contribution in [2.24, 2.45) is 7.05 Å². The fourth-order valence-corrected chi connectivity index (χ4v) is 1.94. The number of aromatic nitrogens is 2. The molecule has 18 heavy (non-hydrogen) atoms. The van der Waals surface area contributed by atoms with Gasteiger partial charge in [0.15, 0.2) is 0 Å². The minimum atomic E-state index is -0.621. The van der Waals surface area contributed by atoms with Crippen molar-refractivity contribution in [2.45, 2.75) is 13.5 Å². The van der Waals surface area contributed by atoms with Crippen molar-refractivity contribution in [3.05, 3.63) is 46.2 Å². The van der Waals surface area contributed by atoms with E-state index in [4.69, 9.17) is 11.6 Å². The zero-order chi connectivity index (χ0) is 13.3. The Hall–Kier alpha value is -1.62. The molecule has 0 saturated heterocycles. The number of nitrogens with zero attached hydrogens (tertiary/aromatic N) is 2. The molecule has 0 unspecified atom stereocenters. The number of aryl methyl sites for hydroxylation is 2. The second-order valence-electron chi connectivity index (χ2n) is 3.98. The molecule has 0 atom stereocenters. The van der Waals surface area contributed by atoms with E-state index in [9.17, 15) is 8.78 Å². The zero-order valence-corrected chi connectivity index (χ0v) is 10.7. The molecule has 1 aromatic carbocycles. The molecule has 0 radical (unpaired) electrons. The van der Waals surface area contributed by atoms with Crippen LogP contribution in [-0.2, 0) is 13.6 Å². The lowest BCUT2D eigenvalue weighted by Crippen LogP contribution is -2.06. The Morgan fingerprint density at radius 1 is 1.28 bits per heavy atom. The molecule has 0 aliphatic heterocycles. The Morgan fingerprint density at radius 3 is 2.39 bits per heavy atom. The summed E-state index contributed by atoms with van der Waals surface area (Å²) >= 11 is 6.07. The van der Waals surface area contributed by atoms with Crippen molar-refractivity contribution < 1.29 is 8.78 Å². The number of benzene rings is 1. The molecule has 0 spiro atoms. The summed E-state index contributed by atoms with van der Waals surface area (Å²) in [6.45, 7) is 2.15. The van der Waals surface area contributed by atoms with E-state index in [0.29, 0.717) is 17.3 Å². The number of nitrogens with one attached hydrogen (secondary N) is 1. The highest BCUT2D eigenvalue weighted by Crippen LogP contribution is 2.21. The van der Waals surface area contributed by atoms with E-state index in [1.54, 1.807) is 18.7 Å². The lowest BCUT2D eigenvalue weighted by Gasteiger charge is -2.07. The summed E-state index contributed by atoms with van der Waals surface area (Å²) in [7, 11) is 1.77. The van der Waals surface area contributed by atoms with Gasteiger partial charge in [0, 0.05) is 18.8 Å². The Kier molecular flexibility index (Phi) is 3.52. The highest BCUT2D eigenvalue weighted by atomic mass is 35.5. The average Bonchev–Trinajstić information content (AvgIpc) is 2.50. The molecule has 0 aliphatic carbocycles. The summed E-state index contributed by atoms with van der Waals surface area (Å²) < 4.78 is 27.6. The first-order chi connectivity index (χ1) is 8.47. The second-order valence-corrected chi connectivity index (χ2v) is 4.36. The quantitative estimate of drug-likeness (QED) is 0.928. The van der Waals surface area contributed by atoms with E-state index in [1.807, 2.05) is 0 Å². The highest BCUT2D eigenvalue weighted by Gasteiger charge is 2.10. The molecule has 1 heterocycles. The molecule has 0 saturated carbocycles. The summed E-state index contributed by atoms with van der Waals surface area (Å²) in [6, 6.07) is 3.27. The first-order valence-corrected chi connectivity index (χ1v) is 5.73. The van der Waals surface area contributed by atoms with Crippen LogP contribution in [0.1, 0.15) is 11.4 Å². The summed E-state index contributed by atoms with van der Waals surface area (Å²) in [5.41, 5.74) is 1.85. The number of hydrogen-bond donors (Lipinski definition) is 1. The molecule has 1 aromatic heterocycles. The second kappa shape index (κ2) is 4.94. The third-order valence-electron chi connectivity index (χ3n) is 2.58. The van der Waals surface area contributed by atoms with Gasteiger partial charge in [0.2, 0.25) is 0 Å². The first-order valence-electron chi connectivity index (χ1n) is 5.35. The number of hydrogen-bond acceptors (Lipinski definition) is 2. The Labute approximate surface area is 108 Å². The van der Waals surface area contributed by atoms with Crippen molar-refractivity contribution in [1.29, 1.82) is 0 Å². The minimum absolute atomic E-state index is 0.346. The van der Waals surface area contributed by atoms with Crippen LogP contribution < -0.4 is 5.32 Å². The molecule has 2 aromatic rings. The third-order valence-corrected chi connectivity index (χ3v) is 3.08. The topological polar surface area (TPSA) is 29.9 Å². The molecule has 2 rings (SSSR count). The normalized spacial score (nSPS) is 10.7. The SMILES string of the molecule is Cc1nn(C)c(CNc2cc(F)cc(F)c2)c1Cl. The lowest BCUT2D eigenvalue weighted by molar-refractivity contribution is 0.584. The summed E-state index contributed by atoms with van der Waals surface area (Å²) in [5, 5.41) is 7.62. The van der Waals surface area contributed by atoms with E-state index in [0.717, 1.165) is 17.5 Å². The molecule has 1 N–H and O–H groups in total. The van der Waals surface area contributed by atoms with Crippen LogP contribution in [0.2, 0.25) is 5.02 Å². The molecular formula is C12H12ClF2N3. The van der Waals surface area contributed by atoms with Gasteiger partial charge in [-0.3, -0.25) is 4.68 Å². The maximum Gasteiger partial charge on any atom is 0.128 e. The Bertz CT molecular complexity index is 561. The van der Waals surface area contributed by atoms with Crippen molar-refractivity contribution in [2.75, 3.05) is 5.32 Å². The Morgan fingerprint density at radius 2 is 1.89 bits per heavy atom. The first kappa shape index (κ1) is 12.8. The van der Waals surface area contributed by atoms with Gasteiger partial charge in [-0.25, -0.2) is 8.78 Å². The van der Waals surface area contributed by atoms with Gasteiger partial charge >= 0.3 is 0 Å². The van der Waals surface area contributed by atoms with Gasteiger partial charge in [-0.15, -0.1) is 0 Å². The van der Waals surface area contributed by atoms with Crippen molar-refractivity contribution >= 4 is 17.3 Å². The van der Waals surface area contributed by atoms with Gasteiger partial charge < -0.3 is 5.32 Å². The average molecular weight is 272 g/mol. The lowest BCUT2D eigenvalue weighted by atomic mass is 10.3. The van der Waals surface area contributed by atoms with Crippen molar-refractivity contribution in [1.82, 2.24) is 9.78 Å². The molecule has 0 fully saturated rings. The van der Waals surface area contributed by atoms with E-state index >= 15 is 0 Å². The third kappa shape index (κ3) is 2.61. The molecule has 6 heteroatoms. The van der Waals surface area contributed by atoms with Gasteiger partial charge in [-0.05, 0) is 19.1 Å². The van der Waals surface area contributed by atoms with E-state index in [-0.39, 0.29) is 0 Å². The summed E-state index contributed by atoms with van der Waals surface area (Å²) in [6.07, 6.45) is 0. The smallest absolute Gasteiger partial charge is 0.128 e. The highest BCUT2D eigenvalue weighted by molar-refractivity contribution is 6.31. The largest absolute Gasteiger partial charge is 0.379 e. The number of anilines is 1. The van der Waals surface area contributed by atoms with Crippen LogP contribution in [0.15, 0.2) is 18.2 Å². The van der Waals surface area contributed by atoms with Crippen LogP contribution in [0.3, 0.4) is 0 Å². The summed E-state index contributed by atoms with van der Waals surface area (Å²) in [4.78, 5) is 0. The standard InChI is InChI=1S/C12H12ClF2N3/c1-7-12(13)11(18(2)17-7)6-16-10-4-8(14)3-9(15)5-10/h3-5,16H,6H2,1-2H3. The number of halogens is 3. The van der Waals surface area contributed by atoms with E-state index in [2.05, 4.69) is 10.4 Å². The van der Waals surface area contributed by atoms with Crippen LogP contribution in [0.25, 0.3) is 0 Å². The van der Waals surface area contributed by atoms with Crippen LogP contribution >= 0.6 is 11.6 Å². The van der Waals surface area contributed by atoms with E-state index < -0.39 is 11.6 Å². The fourth-order valence-electron chi connectivity index (χ4n) is 1.71. The fraction of sp³-hybridized carbons (Fsp3) is 0.250. The van der Waals surface area contributed by atoms with Crippen LogP contribution in [0.4, 0.5) is 14.5 Å². The summed E-state index contributed by atoms with van der Waals surface area (Å²) in [5.74, 6) is -1.24. The van der Waals surface area contributed by atoms with Crippen LogP contribution in [0.5, 0.6) is 0 Å². The molecule has 96 valence electrons. The van der Waals surface area contributed by atoms with Crippen molar-refractivity contribution in [3.8, 4) is 0 Å². The molecule has 3 nitrogen and oxygen atoms in total. The van der Waals surface area contributed by atoms with E-state index in [1.165, 1.54) is 12.1 Å². The van der Waals surface area contributed by atoms with Crippen LogP contribution in [-0.4, -0.2) is 9.78 Å². The van der Waals surface area contributed by atoms with Gasteiger partial charge in [-0.2, -0.15) is 5.10 Å². The maximum atomic E-state index is 13.0. The molecule has 0 amide bonds. The van der Waals surface area contributed by atoms with Gasteiger partial charge in [0.25, 0.3) is 0 Å². The van der Waals surface area contributed by atoms with Crippen LogP contribution in [0, 0.1) is 18.6 Å². The Balaban J connectivity index is 2.16. The predicted octanol–water partition coefficient (Wildman–Crippen LogP) is 3.27. The van der Waals surface area contributed by atoms with Gasteiger partial charge in [0.1, 0.15) is 11.6 Å². The molecular weight excluding hydrogens is 260 g/mol. The van der Waals surface area contributed by atoms with Gasteiger partial charge in [-0.1, -0.05) is 11.6 Å². The van der Waals surface area contributed by atoms with Crippen molar-refractivity contribution in [3.63, 3.8) is 0 Å². The molecule has 0 aliphatic rings. The molecule has 0 bridgehead atoms. The minimum Gasteiger partial charge on any atom is -0.379 e.